The van der Waals surface area contributed by atoms with Crippen LogP contribution in [-0.2, 0) is 6.61 Å². The van der Waals surface area contributed by atoms with E-state index in [4.69, 9.17) is 10.2 Å². The van der Waals surface area contributed by atoms with Crippen molar-refractivity contribution < 1.29 is 15.0 Å². The van der Waals surface area contributed by atoms with Gasteiger partial charge in [0.15, 0.2) is 0 Å². The first-order valence-corrected chi connectivity index (χ1v) is 5.47. The van der Waals surface area contributed by atoms with E-state index in [1.807, 2.05) is 0 Å². The van der Waals surface area contributed by atoms with Gasteiger partial charge >= 0.3 is 5.97 Å². The van der Waals surface area contributed by atoms with Crippen LogP contribution in [0.2, 0.25) is 0 Å². The van der Waals surface area contributed by atoms with Gasteiger partial charge in [-0.3, -0.25) is 0 Å². The maximum atomic E-state index is 10.8. The molecule has 1 aromatic heterocycles. The quantitative estimate of drug-likeness (QED) is 0.853. The molecule has 0 aliphatic heterocycles. The van der Waals surface area contributed by atoms with Crippen LogP contribution >= 0.6 is 11.3 Å². The van der Waals surface area contributed by atoms with Crippen molar-refractivity contribution in [1.29, 1.82) is 0 Å². The summed E-state index contributed by atoms with van der Waals surface area (Å²) in [5.74, 6) is -0.958. The number of carboxylic acids is 1. The Morgan fingerprint density at radius 2 is 2.25 bits per heavy atom. The Morgan fingerprint density at radius 1 is 1.44 bits per heavy atom. The van der Waals surface area contributed by atoms with Crippen molar-refractivity contribution in [3.63, 3.8) is 0 Å². The number of aliphatic hydroxyl groups is 1. The number of carboxylic acid groups (broad SMARTS) is 1. The molecule has 0 spiro atoms. The van der Waals surface area contributed by atoms with Crippen molar-refractivity contribution in [3.8, 4) is 10.6 Å². The fourth-order valence-electron chi connectivity index (χ4n) is 1.30. The average Bonchev–Trinajstić information content (AvgIpc) is 2.77. The maximum absolute atomic E-state index is 10.8. The smallest absolute Gasteiger partial charge is 0.335 e. The van der Waals surface area contributed by atoms with Crippen LogP contribution in [-0.4, -0.2) is 21.2 Å². The molecule has 0 aliphatic rings. The Kier molecular flexibility index (Phi) is 2.98. The highest BCUT2D eigenvalue weighted by Gasteiger charge is 2.07. The molecule has 2 rings (SSSR count). The van der Waals surface area contributed by atoms with E-state index in [0.717, 1.165) is 5.56 Å². The number of aromatic carboxylic acids is 1. The summed E-state index contributed by atoms with van der Waals surface area (Å²) in [6.45, 7) is -0.102. The third-order valence-electron chi connectivity index (χ3n) is 2.07. The van der Waals surface area contributed by atoms with Gasteiger partial charge in [0, 0.05) is 10.9 Å². The number of hydrogen-bond donors (Lipinski definition) is 2. The van der Waals surface area contributed by atoms with Crippen LogP contribution in [0, 0.1) is 0 Å². The van der Waals surface area contributed by atoms with Crippen molar-refractivity contribution in [2.45, 2.75) is 6.61 Å². The molecule has 1 heterocycles. The molecule has 0 unspecified atom stereocenters. The van der Waals surface area contributed by atoms with Gasteiger partial charge in [-0.1, -0.05) is 12.1 Å². The molecule has 1 aromatic carbocycles. The lowest BCUT2D eigenvalue weighted by atomic mass is 10.1. The molecule has 0 bridgehead atoms. The Labute approximate surface area is 95.8 Å². The summed E-state index contributed by atoms with van der Waals surface area (Å²) in [5.41, 5.74) is 1.59. The van der Waals surface area contributed by atoms with E-state index in [1.165, 1.54) is 17.4 Å². The van der Waals surface area contributed by atoms with E-state index < -0.39 is 5.97 Å². The molecule has 0 radical (unpaired) electrons. The zero-order valence-corrected chi connectivity index (χ0v) is 9.07. The molecule has 0 fully saturated rings. The lowest BCUT2D eigenvalue weighted by molar-refractivity contribution is 0.0697. The van der Waals surface area contributed by atoms with Gasteiger partial charge in [0.2, 0.25) is 0 Å². The van der Waals surface area contributed by atoms with Crippen LogP contribution in [0.3, 0.4) is 0 Å². The standard InChI is InChI=1S/C11H9NO3S/c13-5-9-6-16-10(12-9)7-2-1-3-8(4-7)11(14)15/h1-4,6,13H,5H2,(H,14,15). The zero-order valence-electron chi connectivity index (χ0n) is 8.25. The molecular formula is C11H9NO3S. The summed E-state index contributed by atoms with van der Waals surface area (Å²) in [6, 6.07) is 6.58. The van der Waals surface area contributed by atoms with E-state index in [9.17, 15) is 4.79 Å². The molecule has 0 saturated carbocycles. The van der Waals surface area contributed by atoms with Crippen molar-refractivity contribution in [3.05, 3.63) is 40.9 Å². The fraction of sp³-hybridized carbons (Fsp3) is 0.0909. The van der Waals surface area contributed by atoms with Gasteiger partial charge in [0.05, 0.1) is 17.9 Å². The molecule has 0 aliphatic carbocycles. The highest BCUT2D eigenvalue weighted by atomic mass is 32.1. The van der Waals surface area contributed by atoms with Gasteiger partial charge in [0.25, 0.3) is 0 Å². The van der Waals surface area contributed by atoms with Gasteiger partial charge < -0.3 is 10.2 Å². The molecule has 2 N–H and O–H groups in total. The molecule has 0 amide bonds. The lowest BCUT2D eigenvalue weighted by Crippen LogP contribution is -1.95. The summed E-state index contributed by atoms with van der Waals surface area (Å²) in [6.07, 6.45) is 0. The third-order valence-corrected chi connectivity index (χ3v) is 3.01. The van der Waals surface area contributed by atoms with Crippen molar-refractivity contribution >= 4 is 17.3 Å². The van der Waals surface area contributed by atoms with Gasteiger partial charge in [-0.15, -0.1) is 11.3 Å². The van der Waals surface area contributed by atoms with Gasteiger partial charge in [-0.2, -0.15) is 0 Å². The topological polar surface area (TPSA) is 70.4 Å². The Bertz CT molecular complexity index is 521. The number of hydrogen-bond acceptors (Lipinski definition) is 4. The second-order valence-corrected chi connectivity index (χ2v) is 4.05. The van der Waals surface area contributed by atoms with Crippen LogP contribution in [0.25, 0.3) is 10.6 Å². The largest absolute Gasteiger partial charge is 0.478 e. The van der Waals surface area contributed by atoms with E-state index >= 15 is 0 Å². The monoisotopic (exact) mass is 235 g/mol. The molecule has 0 atom stereocenters. The minimum Gasteiger partial charge on any atom is -0.478 e. The molecule has 82 valence electrons. The molecular weight excluding hydrogens is 226 g/mol. The predicted molar refractivity (Wildman–Crippen MR) is 60.4 cm³/mol. The van der Waals surface area contributed by atoms with Crippen molar-refractivity contribution in [2.24, 2.45) is 0 Å². The van der Waals surface area contributed by atoms with Crippen molar-refractivity contribution in [1.82, 2.24) is 4.98 Å². The first-order valence-electron chi connectivity index (χ1n) is 4.59. The second-order valence-electron chi connectivity index (χ2n) is 3.19. The van der Waals surface area contributed by atoms with Crippen LogP contribution in [0.4, 0.5) is 0 Å². The van der Waals surface area contributed by atoms with Crippen LogP contribution < -0.4 is 0 Å². The molecule has 0 saturated heterocycles. The van der Waals surface area contributed by atoms with Crippen LogP contribution in [0.15, 0.2) is 29.6 Å². The third kappa shape index (κ3) is 2.10. The first kappa shape index (κ1) is 10.8. The summed E-state index contributed by atoms with van der Waals surface area (Å²) < 4.78 is 0. The number of carbonyl (C=O) groups is 1. The SMILES string of the molecule is O=C(O)c1cccc(-c2nc(CO)cs2)c1. The number of aromatic nitrogens is 1. The molecule has 2 aromatic rings. The number of benzene rings is 1. The number of nitrogens with zero attached hydrogens (tertiary/aromatic N) is 1. The van der Waals surface area contributed by atoms with Gasteiger partial charge in [-0.05, 0) is 12.1 Å². The normalized spacial score (nSPS) is 10.3. The predicted octanol–water partition coefficient (Wildman–Crippen LogP) is 2.00. The van der Waals surface area contributed by atoms with Crippen molar-refractivity contribution in [2.75, 3.05) is 0 Å². The minimum absolute atomic E-state index is 0.102. The highest BCUT2D eigenvalue weighted by molar-refractivity contribution is 7.13. The van der Waals surface area contributed by atoms with E-state index in [2.05, 4.69) is 4.98 Å². The fourth-order valence-corrected chi connectivity index (χ4v) is 2.11. The summed E-state index contributed by atoms with van der Waals surface area (Å²) in [7, 11) is 0. The zero-order chi connectivity index (χ0) is 11.5. The van der Waals surface area contributed by atoms with Gasteiger partial charge in [0.1, 0.15) is 5.01 Å². The second kappa shape index (κ2) is 4.42. The Balaban J connectivity index is 2.40. The number of thiazole rings is 1. The van der Waals surface area contributed by atoms with E-state index in [1.54, 1.807) is 23.6 Å². The lowest BCUT2D eigenvalue weighted by Gasteiger charge is -1.98. The van der Waals surface area contributed by atoms with Crippen LogP contribution in [0.5, 0.6) is 0 Å². The molecule has 4 nitrogen and oxygen atoms in total. The summed E-state index contributed by atoms with van der Waals surface area (Å²) in [4.78, 5) is 15.0. The summed E-state index contributed by atoms with van der Waals surface area (Å²) in [5, 5.41) is 20.2. The maximum Gasteiger partial charge on any atom is 0.335 e. The molecule has 5 heteroatoms. The minimum atomic E-state index is -0.958. The molecule has 16 heavy (non-hydrogen) atoms. The Hall–Kier alpha value is -1.72. The average molecular weight is 235 g/mol. The van der Waals surface area contributed by atoms with E-state index in [0.29, 0.717) is 10.7 Å². The highest BCUT2D eigenvalue weighted by Crippen LogP contribution is 2.24. The number of rotatable bonds is 3. The first-order chi connectivity index (χ1) is 7.70. The summed E-state index contributed by atoms with van der Waals surface area (Å²) >= 11 is 1.38. The van der Waals surface area contributed by atoms with Gasteiger partial charge in [-0.25, -0.2) is 9.78 Å². The number of aliphatic hydroxyl groups excluding tert-OH is 1. The van der Waals surface area contributed by atoms with Crippen LogP contribution in [0.1, 0.15) is 16.1 Å². The van der Waals surface area contributed by atoms with E-state index in [-0.39, 0.29) is 12.2 Å². The Morgan fingerprint density at radius 3 is 2.88 bits per heavy atom.